The number of hydrogen-bond donors (Lipinski definition) is 1. The molecule has 0 unspecified atom stereocenters. The van der Waals surface area contributed by atoms with Gasteiger partial charge in [0.15, 0.2) is 0 Å². The first-order valence-corrected chi connectivity index (χ1v) is 12.1. The quantitative estimate of drug-likeness (QED) is 0.676. The standard InChI is InChI=1S/C15H18Cl2N2O4S3/c1-4-19(5-2)26(22,23)11-7-6-10(3)12(8-11)18-25(20,21)13-9-14(16)24-15(13)17/h6-9,18H,4-5H2,1-3H3. The number of anilines is 1. The molecule has 1 N–H and O–H groups in total. The monoisotopic (exact) mass is 456 g/mol. The summed E-state index contributed by atoms with van der Waals surface area (Å²) in [6.07, 6.45) is 0. The average Bonchev–Trinajstić information content (AvgIpc) is 2.89. The van der Waals surface area contributed by atoms with E-state index in [0.29, 0.717) is 18.7 Å². The first-order valence-electron chi connectivity index (χ1n) is 7.61. The summed E-state index contributed by atoms with van der Waals surface area (Å²) in [5.41, 5.74) is 0.737. The second-order valence-electron chi connectivity index (χ2n) is 5.36. The maximum atomic E-state index is 12.7. The van der Waals surface area contributed by atoms with Crippen molar-refractivity contribution in [2.45, 2.75) is 30.6 Å². The van der Waals surface area contributed by atoms with E-state index in [-0.39, 0.29) is 24.2 Å². The van der Waals surface area contributed by atoms with E-state index in [1.807, 2.05) is 0 Å². The van der Waals surface area contributed by atoms with Gasteiger partial charge in [0.25, 0.3) is 10.0 Å². The summed E-state index contributed by atoms with van der Waals surface area (Å²) >= 11 is 12.7. The van der Waals surface area contributed by atoms with Gasteiger partial charge in [-0.2, -0.15) is 4.31 Å². The van der Waals surface area contributed by atoms with Gasteiger partial charge in [0.05, 0.1) is 14.9 Å². The number of aryl methyl sites for hydroxylation is 1. The van der Waals surface area contributed by atoms with E-state index in [2.05, 4.69) is 4.72 Å². The highest BCUT2D eigenvalue weighted by Crippen LogP contribution is 2.35. The molecular formula is C15H18Cl2N2O4S3. The molecule has 1 heterocycles. The Morgan fingerprint density at radius 3 is 2.19 bits per heavy atom. The zero-order valence-corrected chi connectivity index (χ0v) is 18.2. The molecule has 0 aliphatic heterocycles. The summed E-state index contributed by atoms with van der Waals surface area (Å²) in [5.74, 6) is 0. The highest BCUT2D eigenvalue weighted by atomic mass is 35.5. The third-order valence-electron chi connectivity index (χ3n) is 3.71. The highest BCUT2D eigenvalue weighted by Gasteiger charge is 2.25. The van der Waals surface area contributed by atoms with Crippen molar-refractivity contribution in [3.8, 4) is 0 Å². The molecule has 0 aliphatic carbocycles. The summed E-state index contributed by atoms with van der Waals surface area (Å²) < 4.78 is 54.5. The Balaban J connectivity index is 2.47. The molecule has 6 nitrogen and oxygen atoms in total. The highest BCUT2D eigenvalue weighted by molar-refractivity contribution is 7.93. The van der Waals surface area contributed by atoms with Gasteiger partial charge in [-0.1, -0.05) is 43.1 Å². The van der Waals surface area contributed by atoms with Crippen molar-refractivity contribution in [2.75, 3.05) is 17.8 Å². The Morgan fingerprint density at radius 1 is 1.08 bits per heavy atom. The van der Waals surface area contributed by atoms with Crippen LogP contribution in [0.2, 0.25) is 8.67 Å². The predicted molar refractivity (Wildman–Crippen MR) is 106 cm³/mol. The van der Waals surface area contributed by atoms with Crippen LogP contribution in [0.5, 0.6) is 0 Å². The molecule has 1 aromatic carbocycles. The van der Waals surface area contributed by atoms with E-state index in [1.165, 1.54) is 22.5 Å². The topological polar surface area (TPSA) is 83.6 Å². The fraction of sp³-hybridized carbons (Fsp3) is 0.333. The first-order chi connectivity index (χ1) is 12.0. The van der Waals surface area contributed by atoms with Crippen molar-refractivity contribution < 1.29 is 16.8 Å². The zero-order chi connectivity index (χ0) is 19.7. The molecular weight excluding hydrogens is 439 g/mol. The summed E-state index contributed by atoms with van der Waals surface area (Å²) in [5, 5.41) is 0. The Morgan fingerprint density at radius 2 is 1.69 bits per heavy atom. The first kappa shape index (κ1) is 21.5. The summed E-state index contributed by atoms with van der Waals surface area (Å²) in [6.45, 7) is 5.78. The van der Waals surface area contributed by atoms with E-state index in [9.17, 15) is 16.8 Å². The lowest BCUT2D eigenvalue weighted by Crippen LogP contribution is -2.30. The van der Waals surface area contributed by atoms with Crippen molar-refractivity contribution in [1.82, 2.24) is 4.31 Å². The molecule has 0 aliphatic rings. The van der Waals surface area contributed by atoms with Crippen molar-refractivity contribution in [2.24, 2.45) is 0 Å². The van der Waals surface area contributed by atoms with Crippen molar-refractivity contribution in [3.63, 3.8) is 0 Å². The normalized spacial score (nSPS) is 12.5. The summed E-state index contributed by atoms with van der Waals surface area (Å²) in [6, 6.07) is 5.57. The van der Waals surface area contributed by atoms with Crippen LogP contribution in [-0.4, -0.2) is 34.2 Å². The van der Waals surface area contributed by atoms with Crippen LogP contribution >= 0.6 is 34.5 Å². The smallest absolute Gasteiger partial charge is 0.264 e. The number of halogens is 2. The minimum atomic E-state index is -4.00. The van der Waals surface area contributed by atoms with Gasteiger partial charge in [-0.25, -0.2) is 16.8 Å². The van der Waals surface area contributed by atoms with E-state index in [0.717, 1.165) is 11.3 Å². The number of benzene rings is 1. The largest absolute Gasteiger partial charge is 0.279 e. The van der Waals surface area contributed by atoms with Gasteiger partial charge in [0.2, 0.25) is 10.0 Å². The van der Waals surface area contributed by atoms with E-state index < -0.39 is 20.0 Å². The van der Waals surface area contributed by atoms with Crippen LogP contribution in [0, 0.1) is 6.92 Å². The van der Waals surface area contributed by atoms with Gasteiger partial charge in [-0.05, 0) is 30.7 Å². The SMILES string of the molecule is CCN(CC)S(=O)(=O)c1ccc(C)c(NS(=O)(=O)c2cc(Cl)sc2Cl)c1. The Labute approximate surface area is 167 Å². The van der Waals surface area contributed by atoms with Crippen molar-refractivity contribution in [3.05, 3.63) is 38.5 Å². The Hall–Kier alpha value is -0.840. The number of sulfonamides is 2. The molecule has 0 saturated heterocycles. The third-order valence-corrected chi connectivity index (χ3v) is 8.88. The molecule has 11 heteroatoms. The van der Waals surface area contributed by atoms with Crippen LogP contribution in [0.3, 0.4) is 0 Å². The molecule has 26 heavy (non-hydrogen) atoms. The van der Waals surface area contributed by atoms with E-state index >= 15 is 0 Å². The molecule has 0 saturated carbocycles. The van der Waals surface area contributed by atoms with Gasteiger partial charge in [0, 0.05) is 13.1 Å². The van der Waals surface area contributed by atoms with E-state index in [4.69, 9.17) is 23.2 Å². The van der Waals surface area contributed by atoms with Crippen molar-refractivity contribution in [1.29, 1.82) is 0 Å². The molecule has 0 atom stereocenters. The summed E-state index contributed by atoms with van der Waals surface area (Å²) in [7, 11) is -7.72. The number of rotatable bonds is 7. The zero-order valence-electron chi connectivity index (χ0n) is 14.3. The molecule has 144 valence electrons. The van der Waals surface area contributed by atoms with Crippen LogP contribution in [-0.2, 0) is 20.0 Å². The van der Waals surface area contributed by atoms with Gasteiger partial charge < -0.3 is 0 Å². The van der Waals surface area contributed by atoms with Crippen LogP contribution in [0.1, 0.15) is 19.4 Å². The van der Waals surface area contributed by atoms with Crippen molar-refractivity contribution >= 4 is 60.3 Å². The van der Waals surface area contributed by atoms with Gasteiger partial charge in [-0.15, -0.1) is 11.3 Å². The maximum absolute atomic E-state index is 12.7. The number of nitrogens with zero attached hydrogens (tertiary/aromatic N) is 1. The van der Waals surface area contributed by atoms with Crippen LogP contribution in [0.25, 0.3) is 0 Å². The fourth-order valence-corrected chi connectivity index (χ4v) is 7.05. The lowest BCUT2D eigenvalue weighted by Gasteiger charge is -2.19. The Bertz CT molecular complexity index is 1010. The molecule has 0 amide bonds. The molecule has 0 fully saturated rings. The Kier molecular flexibility index (Phi) is 6.63. The average molecular weight is 457 g/mol. The number of nitrogens with one attached hydrogen (secondary N) is 1. The maximum Gasteiger partial charge on any atom is 0.264 e. The number of hydrogen-bond acceptors (Lipinski definition) is 5. The van der Waals surface area contributed by atoms with Gasteiger partial charge in [0.1, 0.15) is 9.23 Å². The van der Waals surface area contributed by atoms with Crippen LogP contribution < -0.4 is 4.72 Å². The molecule has 1 aromatic heterocycles. The second kappa shape index (κ2) is 8.04. The van der Waals surface area contributed by atoms with E-state index in [1.54, 1.807) is 26.8 Å². The van der Waals surface area contributed by atoms with Gasteiger partial charge in [-0.3, -0.25) is 4.72 Å². The summed E-state index contributed by atoms with van der Waals surface area (Å²) in [4.78, 5) is -0.135. The van der Waals surface area contributed by atoms with Crippen LogP contribution in [0.15, 0.2) is 34.1 Å². The molecule has 0 bridgehead atoms. The fourth-order valence-electron chi connectivity index (χ4n) is 2.29. The third kappa shape index (κ3) is 4.35. The molecule has 2 aromatic rings. The minimum absolute atomic E-state index is 0.0129. The lowest BCUT2D eigenvalue weighted by molar-refractivity contribution is 0.445. The van der Waals surface area contributed by atoms with Crippen LogP contribution in [0.4, 0.5) is 5.69 Å². The number of thiophene rings is 1. The minimum Gasteiger partial charge on any atom is -0.279 e. The second-order valence-corrected chi connectivity index (χ2v) is 11.2. The molecule has 0 radical (unpaired) electrons. The lowest BCUT2D eigenvalue weighted by atomic mass is 10.2. The van der Waals surface area contributed by atoms with Gasteiger partial charge >= 0.3 is 0 Å². The molecule has 2 rings (SSSR count). The molecule has 0 spiro atoms. The predicted octanol–water partition coefficient (Wildman–Crippen LogP) is 4.19.